The van der Waals surface area contributed by atoms with E-state index in [0.29, 0.717) is 0 Å². The van der Waals surface area contributed by atoms with Crippen LogP contribution < -0.4 is 9.78 Å². The maximum atomic E-state index is 14.5. The monoisotopic (exact) mass is 496 g/mol. The van der Waals surface area contributed by atoms with Crippen molar-refractivity contribution in [1.29, 1.82) is 0 Å². The maximum absolute atomic E-state index is 14.5. The quantitative estimate of drug-likeness (QED) is 0.266. The fourth-order valence-corrected chi connectivity index (χ4v) is 6.23. The van der Waals surface area contributed by atoms with Crippen molar-refractivity contribution in [2.24, 2.45) is 11.8 Å². The van der Waals surface area contributed by atoms with Crippen LogP contribution in [0.2, 0.25) is 5.32 Å². The molecule has 1 saturated carbocycles. The van der Waals surface area contributed by atoms with Crippen molar-refractivity contribution >= 4 is 36.0 Å². The normalized spacial score (nSPS) is 21.8. The van der Waals surface area contributed by atoms with Crippen LogP contribution in [-0.4, -0.2) is 55.5 Å². The summed E-state index contributed by atoms with van der Waals surface area (Å²) < 4.78 is 51.1. The first kappa shape index (κ1) is 23.8. The molecule has 0 spiro atoms. The van der Waals surface area contributed by atoms with Crippen LogP contribution >= 0.6 is 0 Å². The molecule has 9 nitrogen and oxygen atoms in total. The number of hydrogen-bond donors (Lipinski definition) is 1. The first-order valence-corrected chi connectivity index (χ1v) is 11.6. The molecule has 0 heterocycles. The molecular formula is C18H22F2N2O7Se. The molecule has 1 N–H and O–H groups in total. The second kappa shape index (κ2) is 8.73. The van der Waals surface area contributed by atoms with Gasteiger partial charge in [-0.15, -0.1) is 0 Å². The number of esters is 1. The number of carbonyl (C=O) groups is 2. The molecule has 1 aliphatic rings. The number of nitrogens with zero attached hydrogens (tertiary/aromatic N) is 1. The minimum absolute atomic E-state index is 0.0985. The van der Waals surface area contributed by atoms with Gasteiger partial charge < -0.3 is 0 Å². The van der Waals surface area contributed by atoms with E-state index < -0.39 is 71.2 Å². The molecule has 1 unspecified atom stereocenters. The van der Waals surface area contributed by atoms with Gasteiger partial charge in [0.05, 0.1) is 0 Å². The van der Waals surface area contributed by atoms with E-state index in [1.807, 2.05) is 0 Å². The van der Waals surface area contributed by atoms with Gasteiger partial charge in [-0.3, -0.25) is 0 Å². The molecule has 0 aliphatic heterocycles. The van der Waals surface area contributed by atoms with Gasteiger partial charge in [0.1, 0.15) is 0 Å². The van der Waals surface area contributed by atoms with Gasteiger partial charge in [-0.1, -0.05) is 0 Å². The summed E-state index contributed by atoms with van der Waals surface area (Å²) in [6, 6.07) is 3.51. The van der Waals surface area contributed by atoms with Gasteiger partial charge in [-0.25, -0.2) is 0 Å². The summed E-state index contributed by atoms with van der Waals surface area (Å²) in [4.78, 5) is 34.4. The first-order chi connectivity index (χ1) is 13.8. The zero-order valence-electron chi connectivity index (χ0n) is 16.7. The zero-order chi connectivity index (χ0) is 22.9. The molecule has 30 heavy (non-hydrogen) atoms. The summed E-state index contributed by atoms with van der Waals surface area (Å²) in [5, 5.41) is 12.7. The Bertz CT molecular complexity index is 872. The molecule has 0 aromatic heterocycles. The number of nitro groups is 1. The van der Waals surface area contributed by atoms with Crippen molar-refractivity contribution < 1.29 is 36.6 Å². The number of nitrogens with one attached hydrogen (secondary N) is 1. The zero-order valence-corrected chi connectivity index (χ0v) is 18.4. The number of para-hydroxylation sites is 1. The summed E-state index contributed by atoms with van der Waals surface area (Å²) in [6.45, 7) is 4.69. The molecular weight excluding hydrogens is 473 g/mol. The van der Waals surface area contributed by atoms with Gasteiger partial charge in [-0.2, -0.15) is 0 Å². The van der Waals surface area contributed by atoms with Gasteiger partial charge in [0.2, 0.25) is 0 Å². The second-order valence-electron chi connectivity index (χ2n) is 7.69. The Balaban J connectivity index is 2.20. The van der Waals surface area contributed by atoms with E-state index in [-0.39, 0.29) is 4.46 Å². The number of halogens is 2. The van der Waals surface area contributed by atoms with Crippen LogP contribution in [0.5, 0.6) is 0 Å². The van der Waals surface area contributed by atoms with Crippen LogP contribution in [0.25, 0.3) is 0 Å². The SMILES string of the molecule is COC(=O)[C@H](NC(=O)OC(C)(C)C)[C@@H]1[C@H](C[Se](=O)c2ccccc2[N+](=O)[O-])C1(F)F. The molecule has 1 fully saturated rings. The van der Waals surface area contributed by atoms with E-state index in [4.69, 9.17) is 4.74 Å². The molecule has 0 radical (unpaired) electrons. The van der Waals surface area contributed by atoms with Crippen LogP contribution in [0.1, 0.15) is 20.8 Å². The van der Waals surface area contributed by atoms with Crippen LogP contribution in [0.3, 0.4) is 0 Å². The van der Waals surface area contributed by atoms with Crippen LogP contribution in [-0.2, 0) is 18.1 Å². The van der Waals surface area contributed by atoms with E-state index in [9.17, 15) is 32.3 Å². The molecule has 2 rings (SSSR count). The van der Waals surface area contributed by atoms with E-state index >= 15 is 0 Å². The third-order valence-corrected chi connectivity index (χ3v) is 7.53. The molecule has 1 aromatic carbocycles. The molecule has 166 valence electrons. The average molecular weight is 495 g/mol. The van der Waals surface area contributed by atoms with Crippen LogP contribution in [0.4, 0.5) is 19.3 Å². The molecule has 0 saturated heterocycles. The first-order valence-electron chi connectivity index (χ1n) is 8.86. The van der Waals surface area contributed by atoms with E-state index in [2.05, 4.69) is 10.1 Å². The van der Waals surface area contributed by atoms with Gasteiger partial charge >= 0.3 is 175 Å². The number of alkyl carbamates (subject to hydrolysis) is 1. The Morgan fingerprint density at radius 3 is 2.47 bits per heavy atom. The summed E-state index contributed by atoms with van der Waals surface area (Å²) in [5.41, 5.74) is -1.33. The summed E-state index contributed by atoms with van der Waals surface area (Å²) in [6.07, 6.45) is -1.08. The molecule has 1 aliphatic carbocycles. The predicted molar refractivity (Wildman–Crippen MR) is 101 cm³/mol. The van der Waals surface area contributed by atoms with Crippen molar-refractivity contribution in [3.8, 4) is 0 Å². The molecule has 12 heteroatoms. The molecule has 4 atom stereocenters. The second-order valence-corrected chi connectivity index (χ2v) is 10.8. The Kier molecular flexibility index (Phi) is 6.93. The number of alkyl halides is 2. The molecule has 0 bridgehead atoms. The summed E-state index contributed by atoms with van der Waals surface area (Å²) >= 11 is -3.23. The predicted octanol–water partition coefficient (Wildman–Crippen LogP) is 2.17. The van der Waals surface area contributed by atoms with Crippen molar-refractivity contribution in [3.05, 3.63) is 34.4 Å². The standard InChI is InChI=1S/C18H22F2N2O7Se/c1-17(2,3)29-16(24)21-14(15(23)28-4)13-10(18(13,19)20)9-30(27)12-8-6-5-7-11(12)22(25)26/h5-8,10,13-14H,9H2,1-4H3,(H,21,24)/t10-,13-,14+,30?/m0/s1. The Morgan fingerprint density at radius 2 is 1.93 bits per heavy atom. The number of carbonyl (C=O) groups excluding carboxylic acids is 2. The fraction of sp³-hybridized carbons (Fsp3) is 0.556. The van der Waals surface area contributed by atoms with Crippen LogP contribution in [0, 0.1) is 22.0 Å². The van der Waals surface area contributed by atoms with Gasteiger partial charge in [0.25, 0.3) is 0 Å². The number of amides is 1. The number of nitro benzene ring substituents is 1. The number of ether oxygens (including phenoxy) is 2. The Labute approximate surface area is 175 Å². The van der Waals surface area contributed by atoms with Crippen molar-refractivity contribution in [3.63, 3.8) is 0 Å². The average Bonchev–Trinajstić information content (AvgIpc) is 3.16. The topological polar surface area (TPSA) is 125 Å². The third-order valence-electron chi connectivity index (χ3n) is 4.39. The number of rotatable bonds is 7. The van der Waals surface area contributed by atoms with Crippen molar-refractivity contribution in [2.45, 2.75) is 43.7 Å². The van der Waals surface area contributed by atoms with Crippen molar-refractivity contribution in [2.75, 3.05) is 7.11 Å². The van der Waals surface area contributed by atoms with E-state index in [1.165, 1.54) is 18.2 Å². The fourth-order valence-electron chi connectivity index (χ4n) is 3.00. The summed E-state index contributed by atoms with van der Waals surface area (Å²) in [5.74, 6) is -7.69. The van der Waals surface area contributed by atoms with E-state index in [1.54, 1.807) is 20.8 Å². The number of hydrogen-bond acceptors (Lipinski definition) is 7. The van der Waals surface area contributed by atoms with Gasteiger partial charge in [-0.05, 0) is 0 Å². The third kappa shape index (κ3) is 5.37. The number of benzene rings is 1. The molecule has 1 amide bonds. The van der Waals surface area contributed by atoms with Crippen LogP contribution in [0.15, 0.2) is 24.3 Å². The van der Waals surface area contributed by atoms with Gasteiger partial charge in [0, 0.05) is 0 Å². The van der Waals surface area contributed by atoms with Crippen molar-refractivity contribution in [1.82, 2.24) is 5.32 Å². The van der Waals surface area contributed by atoms with E-state index in [0.717, 1.165) is 13.2 Å². The minimum atomic E-state index is -3.41. The Morgan fingerprint density at radius 1 is 1.33 bits per heavy atom. The summed E-state index contributed by atoms with van der Waals surface area (Å²) in [7, 11) is 0.985. The Hall–Kier alpha value is -2.46. The number of methoxy groups -OCH3 is 1. The molecule has 1 aromatic rings. The van der Waals surface area contributed by atoms with Gasteiger partial charge in [0.15, 0.2) is 0 Å².